The van der Waals surface area contributed by atoms with Crippen LogP contribution in [0.15, 0.2) is 23.8 Å². The molecule has 4 heteroatoms. The van der Waals surface area contributed by atoms with Crippen LogP contribution in [0.25, 0.3) is 0 Å². The van der Waals surface area contributed by atoms with Crippen molar-refractivity contribution < 1.29 is 20.4 Å². The molecule has 0 heterocycles. The van der Waals surface area contributed by atoms with Crippen molar-refractivity contribution in [2.75, 3.05) is 0 Å². The number of ether oxygens (including phenoxy) is 2. The van der Waals surface area contributed by atoms with Gasteiger partial charge in [0.15, 0.2) is 0 Å². The van der Waals surface area contributed by atoms with Gasteiger partial charge in [-0.05, 0) is 49.9 Å². The molecule has 0 N–H and O–H groups in total. The summed E-state index contributed by atoms with van der Waals surface area (Å²) in [6.45, 7) is 14.1. The van der Waals surface area contributed by atoms with Gasteiger partial charge in [0, 0.05) is 30.6 Å². The minimum atomic E-state index is -1.34. The van der Waals surface area contributed by atoms with Gasteiger partial charge in [0.25, 0.3) is 0 Å². The summed E-state index contributed by atoms with van der Waals surface area (Å²) < 4.78 is 20.7. The number of rotatable bonds is 2. The molecule has 3 fully saturated rings. The Kier molecular flexibility index (Phi) is 4.09. The molecule has 0 aromatic rings. The molecule has 5 aliphatic carbocycles. The largest absolute Gasteiger partial charge is 0.462 e. The van der Waals surface area contributed by atoms with Crippen molar-refractivity contribution in [1.29, 1.82) is 0 Å². The Balaban J connectivity index is 1.90. The van der Waals surface area contributed by atoms with Gasteiger partial charge in [-0.1, -0.05) is 44.6 Å². The van der Waals surface area contributed by atoms with E-state index in [1.54, 1.807) is 0 Å². The quantitative estimate of drug-likeness (QED) is 0.495. The molecule has 6 atom stereocenters. The number of fused-ring (bicyclic) bond motifs is 3. The summed E-state index contributed by atoms with van der Waals surface area (Å²) in [6, 6.07) is 0. The van der Waals surface area contributed by atoms with Gasteiger partial charge in [0.1, 0.15) is 12.2 Å². The second kappa shape index (κ2) is 6.21. The fourth-order valence-corrected chi connectivity index (χ4v) is 7.35. The normalized spacial score (nSPS) is 46.6. The van der Waals surface area contributed by atoms with E-state index in [1.165, 1.54) is 19.4 Å². The maximum atomic E-state index is 12.0. The first-order chi connectivity index (χ1) is 13.4. The third kappa shape index (κ3) is 2.55. The van der Waals surface area contributed by atoms with Crippen LogP contribution in [0.4, 0.5) is 0 Å². The monoisotopic (exact) mass is 387 g/mol. The van der Waals surface area contributed by atoms with Crippen LogP contribution in [-0.4, -0.2) is 24.1 Å². The molecule has 28 heavy (non-hydrogen) atoms. The molecule has 1 spiro atoms. The van der Waals surface area contributed by atoms with Crippen molar-refractivity contribution in [3.8, 4) is 0 Å². The van der Waals surface area contributed by atoms with Crippen molar-refractivity contribution in [2.45, 2.75) is 85.3 Å². The number of hydrogen-bond donors (Lipinski definition) is 0. The summed E-state index contributed by atoms with van der Waals surface area (Å²) in [6.07, 6.45) is 5.76. The van der Waals surface area contributed by atoms with Crippen LogP contribution >= 0.6 is 0 Å². The van der Waals surface area contributed by atoms with Gasteiger partial charge in [-0.25, -0.2) is 0 Å². The molecule has 0 amide bonds. The van der Waals surface area contributed by atoms with Gasteiger partial charge in [-0.15, -0.1) is 0 Å². The molecule has 0 aromatic carbocycles. The predicted octanol–water partition coefficient (Wildman–Crippen LogP) is 4.98. The summed E-state index contributed by atoms with van der Waals surface area (Å²) in [7, 11) is 0. The molecule has 0 aromatic heterocycles. The number of carbonyl (C=O) groups excluding carboxylic acids is 2. The molecule has 0 radical (unpaired) electrons. The summed E-state index contributed by atoms with van der Waals surface area (Å²) in [5.74, 6) is -0.575. The summed E-state index contributed by atoms with van der Waals surface area (Å²) in [5, 5.41) is 0. The Morgan fingerprint density at radius 2 is 1.86 bits per heavy atom. The summed E-state index contributed by atoms with van der Waals surface area (Å²) in [5.41, 5.74) is 1.75. The maximum Gasteiger partial charge on any atom is 0.302 e. The standard InChI is InChI=1S/C24H34O4/c1-14-12-24-13-19(27-15(2)25)18(14)11-17(24)7-8-20-22(4,5)10-9-21(23(20,24)6)28-16(3)26/h11,18-21H,1,7-10,12-13H2,2-6H3/t18-,19-,20-,21+,23+,24-/m1/s1/i19D. The van der Waals surface area contributed by atoms with E-state index in [-0.39, 0.29) is 34.2 Å². The van der Waals surface area contributed by atoms with E-state index in [1.807, 2.05) is 0 Å². The Bertz CT molecular complexity index is 814. The van der Waals surface area contributed by atoms with Crippen molar-refractivity contribution in [3.05, 3.63) is 23.8 Å². The fraction of sp³-hybridized carbons (Fsp3) is 0.750. The molecule has 2 bridgehead atoms. The van der Waals surface area contributed by atoms with E-state index < -0.39 is 12.0 Å². The van der Waals surface area contributed by atoms with E-state index in [2.05, 4.69) is 33.4 Å². The van der Waals surface area contributed by atoms with Crippen LogP contribution in [-0.2, 0) is 19.1 Å². The van der Waals surface area contributed by atoms with Crippen LogP contribution in [0.1, 0.15) is 74.5 Å². The first-order valence-electron chi connectivity index (χ1n) is 11.1. The lowest BCUT2D eigenvalue weighted by Crippen LogP contribution is -2.66. The van der Waals surface area contributed by atoms with Gasteiger partial charge in [-0.2, -0.15) is 0 Å². The molecule has 0 aliphatic heterocycles. The van der Waals surface area contributed by atoms with Crippen LogP contribution in [0.3, 0.4) is 0 Å². The zero-order chi connectivity index (χ0) is 21.4. The summed E-state index contributed by atoms with van der Waals surface area (Å²) >= 11 is 0. The molecular weight excluding hydrogens is 352 g/mol. The smallest absolute Gasteiger partial charge is 0.302 e. The van der Waals surface area contributed by atoms with Crippen LogP contribution in [0.2, 0.25) is 0 Å². The van der Waals surface area contributed by atoms with E-state index in [0.29, 0.717) is 12.3 Å². The Hall–Kier alpha value is -1.58. The van der Waals surface area contributed by atoms with Crippen molar-refractivity contribution in [2.24, 2.45) is 28.1 Å². The first-order valence-corrected chi connectivity index (χ1v) is 10.6. The molecule has 5 aliphatic rings. The second-order valence-electron chi connectivity index (χ2n) is 10.3. The van der Waals surface area contributed by atoms with Crippen LogP contribution in [0.5, 0.6) is 0 Å². The highest BCUT2D eigenvalue weighted by atomic mass is 16.5. The lowest BCUT2D eigenvalue weighted by atomic mass is 9.36. The van der Waals surface area contributed by atoms with Crippen molar-refractivity contribution in [1.82, 2.24) is 0 Å². The van der Waals surface area contributed by atoms with Gasteiger partial charge in [0.05, 0.1) is 1.37 Å². The molecule has 0 unspecified atom stereocenters. The number of carbonyl (C=O) groups is 2. The van der Waals surface area contributed by atoms with E-state index >= 15 is 0 Å². The fourth-order valence-electron chi connectivity index (χ4n) is 7.35. The highest BCUT2D eigenvalue weighted by Gasteiger charge is 2.69. The zero-order valence-corrected chi connectivity index (χ0v) is 17.9. The van der Waals surface area contributed by atoms with Gasteiger partial charge in [-0.3, -0.25) is 9.59 Å². The van der Waals surface area contributed by atoms with Crippen LogP contribution in [0, 0.1) is 28.1 Å². The Labute approximate surface area is 170 Å². The molecular formula is C24H34O4. The molecule has 3 saturated carbocycles. The second-order valence-corrected chi connectivity index (χ2v) is 10.3. The van der Waals surface area contributed by atoms with Gasteiger partial charge >= 0.3 is 11.9 Å². The molecule has 154 valence electrons. The van der Waals surface area contributed by atoms with E-state index in [9.17, 15) is 9.59 Å². The van der Waals surface area contributed by atoms with Gasteiger partial charge in [0.2, 0.25) is 0 Å². The lowest BCUT2D eigenvalue weighted by molar-refractivity contribution is -0.213. The van der Waals surface area contributed by atoms with Gasteiger partial charge < -0.3 is 9.47 Å². The van der Waals surface area contributed by atoms with Crippen molar-refractivity contribution in [3.63, 3.8) is 0 Å². The maximum absolute atomic E-state index is 12.0. The van der Waals surface area contributed by atoms with E-state index in [4.69, 9.17) is 10.8 Å². The number of esters is 2. The summed E-state index contributed by atoms with van der Waals surface area (Å²) in [4.78, 5) is 23.9. The highest BCUT2D eigenvalue weighted by molar-refractivity contribution is 5.67. The molecule has 5 rings (SSSR count). The zero-order valence-electron chi connectivity index (χ0n) is 18.9. The topological polar surface area (TPSA) is 52.6 Å². The minimum Gasteiger partial charge on any atom is -0.462 e. The third-order valence-corrected chi connectivity index (χ3v) is 8.48. The molecule has 4 nitrogen and oxygen atoms in total. The third-order valence-electron chi connectivity index (χ3n) is 8.48. The Morgan fingerprint density at radius 3 is 2.50 bits per heavy atom. The number of hydrogen-bond acceptors (Lipinski definition) is 4. The average Bonchev–Trinajstić information content (AvgIpc) is 2.56. The minimum absolute atomic E-state index is 0.118. The molecule has 0 saturated heterocycles. The first kappa shape index (κ1) is 18.4. The average molecular weight is 388 g/mol. The highest BCUT2D eigenvalue weighted by Crippen LogP contribution is 2.73. The number of allylic oxidation sites excluding steroid dienone is 1. The Morgan fingerprint density at radius 1 is 1.18 bits per heavy atom. The van der Waals surface area contributed by atoms with Crippen molar-refractivity contribution >= 4 is 11.9 Å². The van der Waals surface area contributed by atoms with Crippen LogP contribution < -0.4 is 0 Å². The lowest BCUT2D eigenvalue weighted by Gasteiger charge is -2.69. The predicted molar refractivity (Wildman–Crippen MR) is 107 cm³/mol. The van der Waals surface area contributed by atoms with E-state index in [0.717, 1.165) is 37.7 Å². The SMILES string of the molecule is [2H][C@@]1(OC(C)=O)C[C@]23CC(=C)[C@H]1C=C2CC[C@@H]1C(C)(C)CC[C@H](OC(C)=O)[C@]13C.